The van der Waals surface area contributed by atoms with E-state index < -0.39 is 5.91 Å². The minimum atomic E-state index is -0.432. The lowest BCUT2D eigenvalue weighted by Gasteiger charge is -2.09. The Bertz CT molecular complexity index is 833. The van der Waals surface area contributed by atoms with Gasteiger partial charge in [0, 0.05) is 21.1 Å². The van der Waals surface area contributed by atoms with Gasteiger partial charge in [-0.25, -0.2) is 0 Å². The molecule has 0 aliphatic heterocycles. The molecule has 0 saturated carbocycles. The standard InChI is InChI=1S/C20H20IN3O/c1-13(2)15-4-7-18(8-5-15)23-12-16(11-22)20(25)24-19-9-6-17(21)10-14(19)3/h4-10,12-13,23H,1-3H3,(H,24,25)/b16-12-. The van der Waals surface area contributed by atoms with E-state index in [1.165, 1.54) is 11.8 Å². The summed E-state index contributed by atoms with van der Waals surface area (Å²) in [7, 11) is 0. The third-order valence-corrected chi connectivity index (χ3v) is 4.43. The van der Waals surface area contributed by atoms with Crippen molar-refractivity contribution in [3.8, 4) is 6.07 Å². The van der Waals surface area contributed by atoms with Crippen molar-refractivity contribution < 1.29 is 4.79 Å². The molecule has 0 saturated heterocycles. The number of nitriles is 1. The van der Waals surface area contributed by atoms with E-state index in [-0.39, 0.29) is 5.57 Å². The second kappa shape index (κ2) is 8.67. The molecular weight excluding hydrogens is 425 g/mol. The molecule has 0 aliphatic carbocycles. The van der Waals surface area contributed by atoms with Gasteiger partial charge in [0.05, 0.1) is 0 Å². The molecule has 0 atom stereocenters. The van der Waals surface area contributed by atoms with Crippen molar-refractivity contribution in [1.29, 1.82) is 5.26 Å². The first-order valence-corrected chi connectivity index (χ1v) is 9.03. The fourth-order valence-electron chi connectivity index (χ4n) is 2.23. The van der Waals surface area contributed by atoms with E-state index in [1.807, 2.05) is 55.5 Å². The van der Waals surface area contributed by atoms with Gasteiger partial charge in [0.25, 0.3) is 5.91 Å². The SMILES string of the molecule is Cc1cc(I)ccc1NC(=O)/C(C#N)=C\Nc1ccc(C(C)C)cc1. The Morgan fingerprint density at radius 2 is 1.88 bits per heavy atom. The second-order valence-corrected chi connectivity index (χ2v) is 7.25. The number of nitrogens with one attached hydrogen (secondary N) is 2. The van der Waals surface area contributed by atoms with Gasteiger partial charge in [-0.1, -0.05) is 26.0 Å². The van der Waals surface area contributed by atoms with Crippen LogP contribution in [-0.2, 0) is 4.79 Å². The topological polar surface area (TPSA) is 64.9 Å². The van der Waals surface area contributed by atoms with Crippen molar-refractivity contribution in [2.45, 2.75) is 26.7 Å². The van der Waals surface area contributed by atoms with Crippen LogP contribution in [0.2, 0.25) is 0 Å². The van der Waals surface area contributed by atoms with Crippen LogP contribution in [0.25, 0.3) is 0 Å². The normalized spacial score (nSPS) is 11.1. The molecule has 25 heavy (non-hydrogen) atoms. The Hall–Kier alpha value is -2.33. The summed E-state index contributed by atoms with van der Waals surface area (Å²) >= 11 is 2.22. The van der Waals surface area contributed by atoms with Gasteiger partial charge in [0.2, 0.25) is 0 Å². The largest absolute Gasteiger partial charge is 0.360 e. The third-order valence-electron chi connectivity index (χ3n) is 3.76. The predicted octanol–water partition coefficient (Wildman–Crippen LogP) is 5.18. The molecule has 2 N–H and O–H groups in total. The van der Waals surface area contributed by atoms with Crippen LogP contribution in [0, 0.1) is 21.8 Å². The molecule has 2 aromatic rings. The maximum absolute atomic E-state index is 12.3. The van der Waals surface area contributed by atoms with E-state index in [4.69, 9.17) is 0 Å². The summed E-state index contributed by atoms with van der Waals surface area (Å²) in [6.45, 7) is 6.18. The number of rotatable bonds is 5. The maximum Gasteiger partial charge on any atom is 0.267 e. The third kappa shape index (κ3) is 5.33. The maximum atomic E-state index is 12.3. The van der Waals surface area contributed by atoms with Crippen LogP contribution >= 0.6 is 22.6 Å². The lowest BCUT2D eigenvalue weighted by molar-refractivity contribution is -0.112. The smallest absolute Gasteiger partial charge is 0.267 e. The predicted molar refractivity (Wildman–Crippen MR) is 110 cm³/mol. The Morgan fingerprint density at radius 1 is 1.20 bits per heavy atom. The number of benzene rings is 2. The van der Waals surface area contributed by atoms with Crippen molar-refractivity contribution >= 4 is 39.9 Å². The zero-order chi connectivity index (χ0) is 18.4. The molecule has 2 rings (SSSR count). The first-order chi connectivity index (χ1) is 11.9. The number of anilines is 2. The number of hydrogen-bond donors (Lipinski definition) is 2. The van der Waals surface area contributed by atoms with Crippen LogP contribution in [0.3, 0.4) is 0 Å². The number of halogens is 1. The van der Waals surface area contributed by atoms with Crippen LogP contribution < -0.4 is 10.6 Å². The van der Waals surface area contributed by atoms with Crippen LogP contribution in [0.5, 0.6) is 0 Å². The van der Waals surface area contributed by atoms with Crippen LogP contribution in [0.15, 0.2) is 54.2 Å². The summed E-state index contributed by atoms with van der Waals surface area (Å²) in [5, 5.41) is 15.0. The van der Waals surface area contributed by atoms with E-state index in [0.29, 0.717) is 11.6 Å². The number of carbonyl (C=O) groups excluding carboxylic acids is 1. The number of amides is 1. The highest BCUT2D eigenvalue weighted by Crippen LogP contribution is 2.19. The minimum absolute atomic E-state index is 0.0193. The average molecular weight is 445 g/mol. The number of hydrogen-bond acceptors (Lipinski definition) is 3. The van der Waals surface area contributed by atoms with Gasteiger partial charge in [0.15, 0.2) is 0 Å². The second-order valence-electron chi connectivity index (χ2n) is 6.00. The molecule has 5 heteroatoms. The number of nitrogens with zero attached hydrogens (tertiary/aromatic N) is 1. The summed E-state index contributed by atoms with van der Waals surface area (Å²) < 4.78 is 1.09. The van der Waals surface area contributed by atoms with Crippen molar-refractivity contribution in [2.24, 2.45) is 0 Å². The van der Waals surface area contributed by atoms with Gasteiger partial charge < -0.3 is 10.6 Å². The Labute approximate surface area is 162 Å². The van der Waals surface area contributed by atoms with E-state index in [0.717, 1.165) is 14.8 Å². The zero-order valence-electron chi connectivity index (χ0n) is 14.4. The Kier molecular flexibility index (Phi) is 6.59. The van der Waals surface area contributed by atoms with Gasteiger partial charge in [0.1, 0.15) is 11.6 Å². The van der Waals surface area contributed by atoms with Gasteiger partial charge in [-0.05, 0) is 76.9 Å². The zero-order valence-corrected chi connectivity index (χ0v) is 16.6. The van der Waals surface area contributed by atoms with Crippen LogP contribution in [0.1, 0.15) is 30.9 Å². The highest BCUT2D eigenvalue weighted by atomic mass is 127. The lowest BCUT2D eigenvalue weighted by Crippen LogP contribution is -2.15. The Morgan fingerprint density at radius 3 is 2.44 bits per heavy atom. The van der Waals surface area contributed by atoms with Crippen LogP contribution in [0.4, 0.5) is 11.4 Å². The highest BCUT2D eigenvalue weighted by Gasteiger charge is 2.11. The summed E-state index contributed by atoms with van der Waals surface area (Å²) in [6, 6.07) is 15.6. The van der Waals surface area contributed by atoms with Gasteiger partial charge >= 0.3 is 0 Å². The highest BCUT2D eigenvalue weighted by molar-refractivity contribution is 14.1. The molecule has 1 amide bonds. The van der Waals surface area contributed by atoms with E-state index >= 15 is 0 Å². The summed E-state index contributed by atoms with van der Waals surface area (Å²) in [5.41, 5.74) is 3.74. The number of carbonyl (C=O) groups is 1. The van der Waals surface area contributed by atoms with Crippen molar-refractivity contribution in [3.05, 3.63) is 68.9 Å². The van der Waals surface area contributed by atoms with Crippen molar-refractivity contribution in [3.63, 3.8) is 0 Å². The molecule has 0 spiro atoms. The van der Waals surface area contributed by atoms with Crippen molar-refractivity contribution in [2.75, 3.05) is 10.6 Å². The molecule has 0 unspecified atom stereocenters. The fourth-order valence-corrected chi connectivity index (χ4v) is 2.87. The first-order valence-electron chi connectivity index (χ1n) is 7.95. The molecule has 2 aromatic carbocycles. The Balaban J connectivity index is 2.08. The monoisotopic (exact) mass is 445 g/mol. The number of aryl methyl sites for hydroxylation is 1. The summed E-state index contributed by atoms with van der Waals surface area (Å²) in [6.07, 6.45) is 1.43. The van der Waals surface area contributed by atoms with E-state index in [9.17, 15) is 10.1 Å². The fraction of sp³-hybridized carbons (Fsp3) is 0.200. The molecule has 0 fully saturated rings. The quantitative estimate of drug-likeness (QED) is 0.379. The first kappa shape index (κ1) is 19.0. The summed E-state index contributed by atoms with van der Waals surface area (Å²) in [4.78, 5) is 12.3. The summed E-state index contributed by atoms with van der Waals surface area (Å²) in [5.74, 6) is 0.0281. The van der Waals surface area contributed by atoms with Gasteiger partial charge in [-0.3, -0.25) is 4.79 Å². The van der Waals surface area contributed by atoms with Gasteiger partial charge in [-0.15, -0.1) is 0 Å². The molecule has 0 aliphatic rings. The molecule has 0 heterocycles. The van der Waals surface area contributed by atoms with Crippen LogP contribution in [-0.4, -0.2) is 5.91 Å². The lowest BCUT2D eigenvalue weighted by atomic mass is 10.0. The van der Waals surface area contributed by atoms with Gasteiger partial charge in [-0.2, -0.15) is 5.26 Å². The van der Waals surface area contributed by atoms with E-state index in [2.05, 4.69) is 47.1 Å². The minimum Gasteiger partial charge on any atom is -0.360 e. The molecule has 128 valence electrons. The molecule has 4 nitrogen and oxygen atoms in total. The molecule has 0 radical (unpaired) electrons. The van der Waals surface area contributed by atoms with Crippen molar-refractivity contribution in [1.82, 2.24) is 0 Å². The molecule has 0 bridgehead atoms. The molecule has 0 aromatic heterocycles. The average Bonchev–Trinajstić information content (AvgIpc) is 2.58. The molecular formula is C20H20IN3O. The van der Waals surface area contributed by atoms with E-state index in [1.54, 1.807) is 0 Å².